The van der Waals surface area contributed by atoms with Gasteiger partial charge >= 0.3 is 0 Å². The minimum Gasteiger partial charge on any atom is -0.508 e. The normalized spacial score (nSPS) is 39.1. The Morgan fingerprint density at radius 3 is 2.52 bits per heavy atom. The summed E-state index contributed by atoms with van der Waals surface area (Å²) in [5.74, 6) is 3.47. The van der Waals surface area contributed by atoms with E-state index in [1.165, 1.54) is 30.4 Å². The van der Waals surface area contributed by atoms with Crippen molar-refractivity contribution in [2.24, 2.45) is 29.1 Å². The molecule has 1 aromatic carbocycles. The van der Waals surface area contributed by atoms with E-state index in [0.29, 0.717) is 23.0 Å². The van der Waals surface area contributed by atoms with Gasteiger partial charge in [-0.25, -0.2) is 0 Å². The molecule has 2 saturated carbocycles. The topological polar surface area (TPSA) is 40.5 Å². The number of aliphatic hydroxyl groups excluding tert-OH is 1. The van der Waals surface area contributed by atoms with Crippen molar-refractivity contribution in [2.45, 2.75) is 78.7 Å². The van der Waals surface area contributed by atoms with Crippen molar-refractivity contribution in [3.63, 3.8) is 0 Å². The van der Waals surface area contributed by atoms with Crippen LogP contribution in [-0.4, -0.2) is 16.3 Å². The van der Waals surface area contributed by atoms with Gasteiger partial charge in [0, 0.05) is 5.92 Å². The molecule has 0 saturated heterocycles. The Kier molecular flexibility index (Phi) is 5.21. The number of aromatic hydroxyl groups is 1. The van der Waals surface area contributed by atoms with Crippen LogP contribution in [0.15, 0.2) is 18.2 Å². The summed E-state index contributed by atoms with van der Waals surface area (Å²) in [6, 6.07) is 5.78. The molecule has 2 fully saturated rings. The number of rotatable bonds is 1. The molecule has 3 aliphatic rings. The lowest BCUT2D eigenvalue weighted by molar-refractivity contribution is -0.0622. The van der Waals surface area contributed by atoms with E-state index < -0.39 is 0 Å². The first kappa shape index (κ1) is 18.8. The minimum absolute atomic E-state index is 0.232. The molecule has 0 heterocycles. The fraction of sp³-hybridized carbons (Fsp3) is 0.739. The van der Waals surface area contributed by atoms with Crippen LogP contribution in [0.5, 0.6) is 5.75 Å². The Hall–Kier alpha value is -1.02. The van der Waals surface area contributed by atoms with Gasteiger partial charge in [-0.05, 0) is 84.5 Å². The van der Waals surface area contributed by atoms with E-state index in [2.05, 4.69) is 26.8 Å². The Labute approximate surface area is 153 Å². The molecular weight excluding hydrogens is 308 g/mol. The third-order valence-electron chi connectivity index (χ3n) is 7.56. The monoisotopic (exact) mass is 344 g/mol. The summed E-state index contributed by atoms with van der Waals surface area (Å²) >= 11 is 0. The number of fused-ring (bicyclic) bond motifs is 5. The smallest absolute Gasteiger partial charge is 0.115 e. The maximum atomic E-state index is 11.1. The van der Waals surface area contributed by atoms with Gasteiger partial charge in [0.15, 0.2) is 0 Å². The second-order valence-electron chi connectivity index (χ2n) is 8.92. The van der Waals surface area contributed by atoms with Gasteiger partial charge in [0.2, 0.25) is 0 Å². The summed E-state index contributed by atoms with van der Waals surface area (Å²) in [7, 11) is 0. The molecule has 140 valence electrons. The highest BCUT2D eigenvalue weighted by Gasteiger charge is 2.57. The average Bonchev–Trinajstić information content (AvgIpc) is 2.93. The number of hydrogen-bond donors (Lipinski definition) is 2. The van der Waals surface area contributed by atoms with Crippen molar-refractivity contribution < 1.29 is 10.2 Å². The third kappa shape index (κ3) is 2.91. The van der Waals surface area contributed by atoms with Gasteiger partial charge in [-0.15, -0.1) is 0 Å². The molecule has 2 N–H and O–H groups in total. The van der Waals surface area contributed by atoms with E-state index in [1.807, 2.05) is 19.9 Å². The summed E-state index contributed by atoms with van der Waals surface area (Å²) in [5.41, 5.74) is 2.87. The van der Waals surface area contributed by atoms with Gasteiger partial charge in [-0.2, -0.15) is 0 Å². The Bertz CT molecular complexity index is 608. The van der Waals surface area contributed by atoms with Gasteiger partial charge in [0.25, 0.3) is 0 Å². The molecule has 0 spiro atoms. The van der Waals surface area contributed by atoms with Crippen molar-refractivity contribution in [2.75, 3.05) is 0 Å². The van der Waals surface area contributed by atoms with E-state index >= 15 is 0 Å². The zero-order chi connectivity index (χ0) is 18.4. The van der Waals surface area contributed by atoms with Crippen molar-refractivity contribution in [1.82, 2.24) is 0 Å². The lowest BCUT2D eigenvalue weighted by Crippen LogP contribution is -2.49. The van der Waals surface area contributed by atoms with Crippen molar-refractivity contribution in [1.29, 1.82) is 0 Å². The van der Waals surface area contributed by atoms with Crippen LogP contribution >= 0.6 is 0 Å². The first-order chi connectivity index (χ1) is 11.9. The van der Waals surface area contributed by atoms with Crippen molar-refractivity contribution in [3.8, 4) is 5.75 Å². The fourth-order valence-electron chi connectivity index (χ4n) is 6.78. The number of phenolic OH excluding ortho intramolecular Hbond substituents is 1. The van der Waals surface area contributed by atoms with Gasteiger partial charge in [-0.1, -0.05) is 40.7 Å². The minimum atomic E-state index is -0.232. The molecule has 1 aromatic rings. The molecule has 3 aliphatic carbocycles. The van der Waals surface area contributed by atoms with E-state index in [9.17, 15) is 10.2 Å². The lowest BCUT2D eigenvalue weighted by Gasteiger charge is -2.53. The summed E-state index contributed by atoms with van der Waals surface area (Å²) in [5, 5.41) is 20.8. The van der Waals surface area contributed by atoms with Crippen molar-refractivity contribution in [3.05, 3.63) is 29.3 Å². The average molecular weight is 345 g/mol. The Morgan fingerprint density at radius 2 is 1.84 bits per heavy atom. The zero-order valence-corrected chi connectivity index (χ0v) is 16.6. The highest BCUT2D eigenvalue weighted by atomic mass is 16.3. The van der Waals surface area contributed by atoms with Crippen LogP contribution in [0.4, 0.5) is 0 Å². The first-order valence-corrected chi connectivity index (χ1v) is 10.4. The number of phenols is 1. The van der Waals surface area contributed by atoms with E-state index in [0.717, 1.165) is 24.7 Å². The van der Waals surface area contributed by atoms with Crippen LogP contribution in [0, 0.1) is 29.1 Å². The highest BCUT2D eigenvalue weighted by molar-refractivity contribution is 5.40. The van der Waals surface area contributed by atoms with Crippen LogP contribution in [0.3, 0.4) is 0 Å². The van der Waals surface area contributed by atoms with Crippen LogP contribution < -0.4 is 0 Å². The standard InChI is InChI=1S/C21H30O2.C2H6/c1-12(2)17-8-9-18-16-6-4-13-10-14(22)5-7-15(13)20(16)19(23)11-21(17,18)3;1-2/h5,7,10,12,16-20,22-23H,4,6,8-9,11H2,1-3H3;1-2H3. The summed E-state index contributed by atoms with van der Waals surface area (Å²) in [4.78, 5) is 0. The highest BCUT2D eigenvalue weighted by Crippen LogP contribution is 2.64. The van der Waals surface area contributed by atoms with Crippen LogP contribution in [0.1, 0.15) is 77.3 Å². The van der Waals surface area contributed by atoms with Crippen molar-refractivity contribution >= 4 is 0 Å². The summed E-state index contributed by atoms with van der Waals surface area (Å²) < 4.78 is 0. The van der Waals surface area contributed by atoms with Gasteiger partial charge in [-0.3, -0.25) is 0 Å². The van der Waals surface area contributed by atoms with E-state index in [1.54, 1.807) is 6.07 Å². The largest absolute Gasteiger partial charge is 0.508 e. The maximum absolute atomic E-state index is 11.1. The van der Waals surface area contributed by atoms with Gasteiger partial charge in [0.1, 0.15) is 5.75 Å². The molecule has 0 bridgehead atoms. The lowest BCUT2D eigenvalue weighted by atomic mass is 9.52. The van der Waals surface area contributed by atoms with Crippen LogP contribution in [0.25, 0.3) is 0 Å². The molecule has 2 heteroatoms. The molecule has 0 radical (unpaired) electrons. The molecule has 2 nitrogen and oxygen atoms in total. The quantitative estimate of drug-likeness (QED) is 0.704. The van der Waals surface area contributed by atoms with Crippen LogP contribution in [-0.2, 0) is 6.42 Å². The predicted molar refractivity (Wildman–Crippen MR) is 104 cm³/mol. The molecule has 4 rings (SSSR count). The number of hydrogen-bond acceptors (Lipinski definition) is 2. The molecule has 25 heavy (non-hydrogen) atoms. The van der Waals surface area contributed by atoms with E-state index in [4.69, 9.17) is 0 Å². The molecule has 6 unspecified atom stereocenters. The zero-order valence-electron chi connectivity index (χ0n) is 16.6. The number of aliphatic hydroxyl groups is 1. The second kappa shape index (κ2) is 6.95. The molecule has 0 aliphatic heterocycles. The predicted octanol–water partition coefficient (Wildman–Crippen LogP) is 5.52. The Balaban J connectivity index is 0.000000880. The number of aryl methyl sites for hydroxylation is 1. The first-order valence-electron chi connectivity index (χ1n) is 10.4. The van der Waals surface area contributed by atoms with Crippen LogP contribution in [0.2, 0.25) is 0 Å². The molecule has 0 amide bonds. The third-order valence-corrected chi connectivity index (χ3v) is 7.56. The van der Waals surface area contributed by atoms with Gasteiger partial charge in [0.05, 0.1) is 6.10 Å². The van der Waals surface area contributed by atoms with Gasteiger partial charge < -0.3 is 10.2 Å². The molecule has 6 atom stereocenters. The summed E-state index contributed by atoms with van der Waals surface area (Å²) in [6.45, 7) is 11.2. The number of benzene rings is 1. The maximum Gasteiger partial charge on any atom is 0.115 e. The second-order valence-corrected chi connectivity index (χ2v) is 8.92. The SMILES string of the molecule is CC.CC(C)C1CCC2C3CCc4cc(O)ccc4C3C(O)CC12C. The summed E-state index contributed by atoms with van der Waals surface area (Å²) in [6.07, 6.45) is 5.60. The van der Waals surface area contributed by atoms with E-state index in [-0.39, 0.29) is 12.0 Å². The molecule has 0 aromatic heterocycles. The Morgan fingerprint density at radius 1 is 1.12 bits per heavy atom. The fourth-order valence-corrected chi connectivity index (χ4v) is 6.78. The molecular formula is C23H36O2.